The first-order valence-corrected chi connectivity index (χ1v) is 11.7. The molecule has 2 saturated heterocycles. The zero-order valence-corrected chi connectivity index (χ0v) is 18.8. The van der Waals surface area contributed by atoms with Crippen LogP contribution in [0.15, 0.2) is 46.9 Å². The van der Waals surface area contributed by atoms with Crippen LogP contribution in [0.4, 0.5) is 0 Å². The van der Waals surface area contributed by atoms with Gasteiger partial charge in [-0.05, 0) is 80.6 Å². The molecule has 0 radical (unpaired) electrons. The smallest absolute Gasteiger partial charge is 0.254 e. The lowest BCUT2D eigenvalue weighted by Gasteiger charge is -2.34. The van der Waals surface area contributed by atoms with E-state index in [4.69, 9.17) is 9.15 Å². The Hall–Kier alpha value is -2.86. The fraction of sp³-hybridized carbons (Fsp3) is 0.462. The maximum absolute atomic E-state index is 13.2. The number of hydrogen-bond acceptors (Lipinski definition) is 5. The van der Waals surface area contributed by atoms with E-state index in [-0.39, 0.29) is 5.91 Å². The van der Waals surface area contributed by atoms with Gasteiger partial charge in [0.05, 0.1) is 7.11 Å². The van der Waals surface area contributed by atoms with Crippen molar-refractivity contribution >= 4 is 17.0 Å². The number of amides is 1. The summed E-state index contributed by atoms with van der Waals surface area (Å²) in [6.45, 7) is 5.25. The summed E-state index contributed by atoms with van der Waals surface area (Å²) in [5.74, 6) is 2.16. The van der Waals surface area contributed by atoms with Crippen LogP contribution in [0.2, 0.25) is 0 Å². The number of piperidine rings is 1. The molecule has 2 aliphatic heterocycles. The maximum Gasteiger partial charge on any atom is 0.254 e. The Kier molecular flexibility index (Phi) is 6.12. The molecule has 6 heteroatoms. The highest BCUT2D eigenvalue weighted by Gasteiger charge is 2.27. The highest BCUT2D eigenvalue weighted by Crippen LogP contribution is 2.24. The second kappa shape index (κ2) is 9.33. The normalized spacial score (nSPS) is 19.5. The van der Waals surface area contributed by atoms with Gasteiger partial charge in [0.1, 0.15) is 11.3 Å². The molecule has 168 valence electrons. The van der Waals surface area contributed by atoms with E-state index in [1.54, 1.807) is 7.11 Å². The summed E-state index contributed by atoms with van der Waals surface area (Å²) in [7, 11) is 1.66. The average molecular weight is 434 g/mol. The van der Waals surface area contributed by atoms with E-state index in [1.807, 2.05) is 47.4 Å². The number of carbonyl (C=O) groups is 1. The summed E-state index contributed by atoms with van der Waals surface area (Å²) in [6, 6.07) is 13.5. The molecule has 2 fully saturated rings. The minimum atomic E-state index is 0.103. The number of oxazole rings is 1. The minimum absolute atomic E-state index is 0.103. The van der Waals surface area contributed by atoms with Gasteiger partial charge in [-0.1, -0.05) is 12.1 Å². The van der Waals surface area contributed by atoms with Crippen LogP contribution < -0.4 is 4.74 Å². The molecule has 0 spiro atoms. The lowest BCUT2D eigenvalue weighted by molar-refractivity contribution is 0.0648. The fourth-order valence-electron chi connectivity index (χ4n) is 5.01. The predicted molar refractivity (Wildman–Crippen MR) is 124 cm³/mol. The molecule has 0 unspecified atom stereocenters. The Bertz CT molecular complexity index is 1070. The van der Waals surface area contributed by atoms with Crippen molar-refractivity contribution in [2.24, 2.45) is 5.92 Å². The molecule has 0 bridgehead atoms. The molecule has 1 atom stereocenters. The summed E-state index contributed by atoms with van der Waals surface area (Å²) in [6.07, 6.45) is 5.53. The maximum atomic E-state index is 13.2. The van der Waals surface area contributed by atoms with Crippen molar-refractivity contribution in [3.63, 3.8) is 0 Å². The molecule has 6 nitrogen and oxygen atoms in total. The average Bonchev–Trinajstić information content (AvgIpc) is 3.48. The Labute approximate surface area is 189 Å². The van der Waals surface area contributed by atoms with Crippen LogP contribution in [0.5, 0.6) is 5.75 Å². The molecule has 32 heavy (non-hydrogen) atoms. The van der Waals surface area contributed by atoms with E-state index in [2.05, 4.69) is 9.88 Å². The quantitative estimate of drug-likeness (QED) is 0.578. The Morgan fingerprint density at radius 1 is 1.09 bits per heavy atom. The van der Waals surface area contributed by atoms with Crippen molar-refractivity contribution in [2.45, 2.75) is 32.1 Å². The topological polar surface area (TPSA) is 58.8 Å². The number of nitrogens with zero attached hydrogens (tertiary/aromatic N) is 3. The van der Waals surface area contributed by atoms with Crippen molar-refractivity contribution in [2.75, 3.05) is 39.8 Å². The fourth-order valence-corrected chi connectivity index (χ4v) is 5.01. The molecule has 2 aromatic carbocycles. The lowest BCUT2D eigenvalue weighted by Crippen LogP contribution is -2.43. The van der Waals surface area contributed by atoms with Gasteiger partial charge in [-0.3, -0.25) is 4.79 Å². The summed E-state index contributed by atoms with van der Waals surface area (Å²) in [4.78, 5) is 22.4. The summed E-state index contributed by atoms with van der Waals surface area (Å²) in [5.41, 5.74) is 3.25. The van der Waals surface area contributed by atoms with Gasteiger partial charge in [0.15, 0.2) is 11.5 Å². The number of likely N-dealkylation sites (tertiary alicyclic amines) is 2. The van der Waals surface area contributed by atoms with Crippen LogP contribution in [0, 0.1) is 5.92 Å². The zero-order valence-electron chi connectivity index (χ0n) is 18.8. The van der Waals surface area contributed by atoms with Crippen molar-refractivity contribution in [1.29, 1.82) is 0 Å². The van der Waals surface area contributed by atoms with E-state index >= 15 is 0 Å². The van der Waals surface area contributed by atoms with Crippen molar-refractivity contribution in [1.82, 2.24) is 14.8 Å². The van der Waals surface area contributed by atoms with Crippen LogP contribution in [0.1, 0.15) is 47.5 Å². The molecule has 5 rings (SSSR count). The molecule has 0 saturated carbocycles. The third kappa shape index (κ3) is 4.65. The monoisotopic (exact) mass is 433 g/mol. The highest BCUT2D eigenvalue weighted by molar-refractivity contribution is 5.97. The van der Waals surface area contributed by atoms with E-state index in [0.29, 0.717) is 29.4 Å². The molecule has 0 N–H and O–H groups in total. The largest absolute Gasteiger partial charge is 0.497 e. The number of benzene rings is 2. The standard InChI is InChI=1S/C26H31N3O3/c1-31-22-9-6-19(7-10-22)15-25-27-23-11-8-21(16-24(23)32-25)26(30)29-14-4-5-20(18-29)17-28-12-2-3-13-28/h6-11,16,20H,2-5,12-15,17-18H2,1H3/t20-/m1/s1. The number of methoxy groups -OCH3 is 1. The first kappa shape index (κ1) is 21.0. The number of fused-ring (bicyclic) bond motifs is 1. The molecule has 3 heterocycles. The van der Waals surface area contributed by atoms with Gasteiger partial charge in [-0.2, -0.15) is 0 Å². The third-order valence-electron chi connectivity index (χ3n) is 6.72. The van der Waals surface area contributed by atoms with E-state index < -0.39 is 0 Å². The number of aromatic nitrogens is 1. The van der Waals surface area contributed by atoms with Gasteiger partial charge in [0.2, 0.25) is 0 Å². The lowest BCUT2D eigenvalue weighted by atomic mass is 9.96. The van der Waals surface area contributed by atoms with Gasteiger partial charge < -0.3 is 19.0 Å². The highest BCUT2D eigenvalue weighted by atomic mass is 16.5. The van der Waals surface area contributed by atoms with Crippen molar-refractivity contribution < 1.29 is 13.9 Å². The van der Waals surface area contributed by atoms with Crippen LogP contribution in [0.3, 0.4) is 0 Å². The first-order valence-electron chi connectivity index (χ1n) is 11.7. The van der Waals surface area contributed by atoms with Gasteiger partial charge in [0.25, 0.3) is 5.91 Å². The summed E-state index contributed by atoms with van der Waals surface area (Å²) < 4.78 is 11.2. The van der Waals surface area contributed by atoms with Gasteiger partial charge in [-0.15, -0.1) is 0 Å². The van der Waals surface area contributed by atoms with Crippen molar-refractivity contribution in [3.05, 3.63) is 59.5 Å². The van der Waals surface area contributed by atoms with Crippen LogP contribution >= 0.6 is 0 Å². The Morgan fingerprint density at radius 3 is 2.69 bits per heavy atom. The molecule has 0 aliphatic carbocycles. The minimum Gasteiger partial charge on any atom is -0.497 e. The number of carbonyl (C=O) groups excluding carboxylic acids is 1. The predicted octanol–water partition coefficient (Wildman–Crippen LogP) is 4.38. The van der Waals surface area contributed by atoms with E-state index in [1.165, 1.54) is 32.4 Å². The zero-order chi connectivity index (χ0) is 21.9. The Morgan fingerprint density at radius 2 is 1.91 bits per heavy atom. The first-order chi connectivity index (χ1) is 15.7. The molecule has 1 amide bonds. The van der Waals surface area contributed by atoms with Gasteiger partial charge >= 0.3 is 0 Å². The molecular formula is C26H31N3O3. The van der Waals surface area contributed by atoms with Crippen molar-refractivity contribution in [3.8, 4) is 5.75 Å². The van der Waals surface area contributed by atoms with Gasteiger partial charge in [-0.25, -0.2) is 4.98 Å². The van der Waals surface area contributed by atoms with Crippen LogP contribution in [-0.4, -0.2) is 60.5 Å². The van der Waals surface area contributed by atoms with E-state index in [0.717, 1.165) is 42.9 Å². The summed E-state index contributed by atoms with van der Waals surface area (Å²) >= 11 is 0. The van der Waals surface area contributed by atoms with Crippen LogP contribution in [-0.2, 0) is 6.42 Å². The molecular weight excluding hydrogens is 402 g/mol. The second-order valence-corrected chi connectivity index (χ2v) is 9.08. The van der Waals surface area contributed by atoms with Gasteiger partial charge in [0, 0.05) is 31.6 Å². The molecule has 1 aromatic heterocycles. The van der Waals surface area contributed by atoms with E-state index in [9.17, 15) is 4.79 Å². The number of ether oxygens (including phenoxy) is 1. The second-order valence-electron chi connectivity index (χ2n) is 9.08. The molecule has 2 aliphatic rings. The summed E-state index contributed by atoms with van der Waals surface area (Å²) in [5, 5.41) is 0. The molecule has 3 aromatic rings. The van der Waals surface area contributed by atoms with Crippen LogP contribution in [0.25, 0.3) is 11.1 Å². The number of rotatable bonds is 6. The third-order valence-corrected chi connectivity index (χ3v) is 6.72. The Balaban J connectivity index is 1.26. The SMILES string of the molecule is COc1ccc(Cc2nc3ccc(C(=O)N4CCC[C@H](CN5CCCC5)C4)cc3o2)cc1. The number of hydrogen-bond donors (Lipinski definition) is 0.